The summed E-state index contributed by atoms with van der Waals surface area (Å²) in [6, 6.07) is 12.3. The van der Waals surface area contributed by atoms with E-state index in [1.165, 1.54) is 24.4 Å². The second-order valence-corrected chi connectivity index (χ2v) is 5.54. The summed E-state index contributed by atoms with van der Waals surface area (Å²) in [7, 11) is 0. The average molecular weight is 357 g/mol. The summed E-state index contributed by atoms with van der Waals surface area (Å²) in [5.74, 6) is -2.10. The number of pyridine rings is 1. The van der Waals surface area contributed by atoms with Crippen molar-refractivity contribution < 1.29 is 18.0 Å². The Morgan fingerprint density at radius 1 is 0.885 bits per heavy atom. The number of hydrogen-bond donors (Lipinski definition) is 2. The van der Waals surface area contributed by atoms with Gasteiger partial charge in [-0.05, 0) is 42.0 Å². The van der Waals surface area contributed by atoms with E-state index in [-0.39, 0.29) is 18.1 Å². The minimum atomic E-state index is -0.959. The maximum atomic E-state index is 13.2. The van der Waals surface area contributed by atoms with Crippen molar-refractivity contribution in [2.75, 3.05) is 10.6 Å². The van der Waals surface area contributed by atoms with E-state index in [0.29, 0.717) is 22.8 Å². The summed E-state index contributed by atoms with van der Waals surface area (Å²) in [5, 5.41) is 5.51. The molecule has 0 radical (unpaired) electrons. The average Bonchev–Trinajstić information content (AvgIpc) is 2.62. The third-order valence-corrected chi connectivity index (χ3v) is 3.52. The van der Waals surface area contributed by atoms with Crippen LogP contribution in [0.5, 0.6) is 0 Å². The van der Waals surface area contributed by atoms with Gasteiger partial charge in [0.2, 0.25) is 5.91 Å². The zero-order chi connectivity index (χ0) is 18.5. The Morgan fingerprint density at radius 2 is 1.62 bits per heavy atom. The van der Waals surface area contributed by atoms with Crippen LogP contribution < -0.4 is 10.6 Å². The molecule has 2 N–H and O–H groups in total. The van der Waals surface area contributed by atoms with Crippen molar-refractivity contribution >= 4 is 23.1 Å². The fourth-order valence-corrected chi connectivity index (χ4v) is 2.26. The fraction of sp³-hybridized carbons (Fsp3) is 0.0526. The predicted molar refractivity (Wildman–Crippen MR) is 92.6 cm³/mol. The first-order chi connectivity index (χ1) is 12.5. The molecule has 0 aliphatic rings. The summed E-state index contributed by atoms with van der Waals surface area (Å²) >= 11 is 0. The molecule has 3 aromatic rings. The third kappa shape index (κ3) is 4.60. The van der Waals surface area contributed by atoms with E-state index in [1.807, 2.05) is 0 Å². The molecule has 0 spiro atoms. The van der Waals surface area contributed by atoms with Crippen molar-refractivity contribution in [1.29, 1.82) is 0 Å². The van der Waals surface area contributed by atoms with Crippen LogP contribution >= 0.6 is 0 Å². The molecule has 26 heavy (non-hydrogen) atoms. The van der Waals surface area contributed by atoms with E-state index in [4.69, 9.17) is 0 Å². The minimum absolute atomic E-state index is 0.106. The Hall–Kier alpha value is -3.35. The number of anilines is 3. The van der Waals surface area contributed by atoms with Crippen LogP contribution in [0.25, 0.3) is 0 Å². The second kappa shape index (κ2) is 7.69. The highest BCUT2D eigenvalue weighted by atomic mass is 19.2. The van der Waals surface area contributed by atoms with Gasteiger partial charge >= 0.3 is 0 Å². The summed E-state index contributed by atoms with van der Waals surface area (Å²) in [5.41, 5.74) is 1.52. The van der Waals surface area contributed by atoms with Crippen LogP contribution in [0.1, 0.15) is 5.56 Å². The van der Waals surface area contributed by atoms with Gasteiger partial charge in [-0.25, -0.2) is 18.2 Å². The summed E-state index contributed by atoms with van der Waals surface area (Å²) < 4.78 is 39.0. The molecule has 1 heterocycles. The molecular formula is C19H14F3N3O. The highest BCUT2D eigenvalue weighted by molar-refractivity contribution is 5.92. The summed E-state index contributed by atoms with van der Waals surface area (Å²) in [6.07, 6.45) is 1.54. The number of rotatable bonds is 5. The van der Waals surface area contributed by atoms with Gasteiger partial charge in [-0.2, -0.15) is 0 Å². The molecule has 0 saturated heterocycles. The molecule has 3 rings (SSSR count). The van der Waals surface area contributed by atoms with Crippen LogP contribution in [0, 0.1) is 17.5 Å². The molecule has 0 saturated carbocycles. The lowest BCUT2D eigenvalue weighted by Crippen LogP contribution is -2.14. The van der Waals surface area contributed by atoms with Crippen LogP contribution in [0.15, 0.2) is 60.8 Å². The molecule has 1 amide bonds. The van der Waals surface area contributed by atoms with E-state index >= 15 is 0 Å². The number of benzene rings is 2. The lowest BCUT2D eigenvalue weighted by atomic mass is 10.1. The third-order valence-electron chi connectivity index (χ3n) is 3.52. The van der Waals surface area contributed by atoms with E-state index in [2.05, 4.69) is 15.6 Å². The van der Waals surface area contributed by atoms with Gasteiger partial charge in [0.1, 0.15) is 11.6 Å². The molecule has 0 fully saturated rings. The molecule has 0 aliphatic carbocycles. The highest BCUT2D eigenvalue weighted by Crippen LogP contribution is 2.18. The van der Waals surface area contributed by atoms with Crippen LogP contribution in [-0.4, -0.2) is 10.9 Å². The van der Waals surface area contributed by atoms with Crippen molar-refractivity contribution in [3.63, 3.8) is 0 Å². The van der Waals surface area contributed by atoms with Crippen LogP contribution in [0.4, 0.5) is 30.4 Å². The second-order valence-electron chi connectivity index (χ2n) is 5.54. The Kier molecular flexibility index (Phi) is 5.17. The van der Waals surface area contributed by atoms with Gasteiger partial charge in [-0.1, -0.05) is 12.1 Å². The van der Waals surface area contributed by atoms with Crippen molar-refractivity contribution in [2.45, 2.75) is 6.42 Å². The number of carbonyl (C=O) groups is 1. The quantitative estimate of drug-likeness (QED) is 0.711. The molecule has 4 nitrogen and oxygen atoms in total. The van der Waals surface area contributed by atoms with Crippen LogP contribution in [0.2, 0.25) is 0 Å². The number of aromatic nitrogens is 1. The molecule has 0 bridgehead atoms. The van der Waals surface area contributed by atoms with Gasteiger partial charge < -0.3 is 10.6 Å². The van der Waals surface area contributed by atoms with Crippen molar-refractivity contribution in [2.24, 2.45) is 0 Å². The number of halogens is 3. The first-order valence-electron chi connectivity index (χ1n) is 7.72. The lowest BCUT2D eigenvalue weighted by Gasteiger charge is -2.08. The smallest absolute Gasteiger partial charge is 0.228 e. The first kappa shape index (κ1) is 17.5. The zero-order valence-corrected chi connectivity index (χ0v) is 13.5. The molecule has 0 atom stereocenters. The van der Waals surface area contributed by atoms with Gasteiger partial charge in [-0.15, -0.1) is 0 Å². The fourth-order valence-electron chi connectivity index (χ4n) is 2.26. The number of nitrogens with one attached hydrogen (secondary N) is 2. The topological polar surface area (TPSA) is 54.0 Å². The van der Waals surface area contributed by atoms with E-state index in [0.717, 1.165) is 12.1 Å². The summed E-state index contributed by atoms with van der Waals surface area (Å²) in [4.78, 5) is 16.1. The standard InChI is InChI=1S/C19H14F3N3O/c20-13-3-1-12(2-4-13)9-19(26)25-15-6-8-18(23-11-15)24-14-5-7-16(21)17(22)10-14/h1-8,10-11H,9H2,(H,23,24)(H,25,26). The SMILES string of the molecule is O=C(Cc1ccc(F)cc1)Nc1ccc(Nc2ccc(F)c(F)c2)nc1. The molecule has 132 valence electrons. The monoisotopic (exact) mass is 357 g/mol. The Balaban J connectivity index is 1.59. The molecule has 0 aliphatic heterocycles. The number of hydrogen-bond acceptors (Lipinski definition) is 3. The van der Waals surface area contributed by atoms with Crippen LogP contribution in [-0.2, 0) is 11.2 Å². The van der Waals surface area contributed by atoms with Crippen molar-refractivity contribution in [3.05, 3.63) is 83.8 Å². The number of amides is 1. The normalized spacial score (nSPS) is 10.4. The minimum Gasteiger partial charge on any atom is -0.340 e. The molecular weight excluding hydrogens is 343 g/mol. The largest absolute Gasteiger partial charge is 0.340 e. The van der Waals surface area contributed by atoms with Gasteiger partial charge in [0, 0.05) is 11.8 Å². The first-order valence-corrected chi connectivity index (χ1v) is 7.72. The van der Waals surface area contributed by atoms with Gasteiger partial charge in [0.25, 0.3) is 0 Å². The van der Waals surface area contributed by atoms with Gasteiger partial charge in [0.15, 0.2) is 11.6 Å². The van der Waals surface area contributed by atoms with E-state index in [9.17, 15) is 18.0 Å². The van der Waals surface area contributed by atoms with Crippen molar-refractivity contribution in [3.8, 4) is 0 Å². The zero-order valence-electron chi connectivity index (χ0n) is 13.5. The molecule has 0 unspecified atom stereocenters. The van der Waals surface area contributed by atoms with E-state index < -0.39 is 11.6 Å². The highest BCUT2D eigenvalue weighted by Gasteiger charge is 2.06. The molecule has 7 heteroatoms. The summed E-state index contributed by atoms with van der Waals surface area (Å²) in [6.45, 7) is 0. The van der Waals surface area contributed by atoms with E-state index in [1.54, 1.807) is 24.3 Å². The van der Waals surface area contributed by atoms with Gasteiger partial charge in [0.05, 0.1) is 18.3 Å². The predicted octanol–water partition coefficient (Wildman–Crippen LogP) is 4.42. The maximum Gasteiger partial charge on any atom is 0.228 e. The number of carbonyl (C=O) groups excluding carboxylic acids is 1. The lowest BCUT2D eigenvalue weighted by molar-refractivity contribution is -0.115. The Labute approximate surface area is 147 Å². The van der Waals surface area contributed by atoms with Crippen LogP contribution in [0.3, 0.4) is 0 Å². The van der Waals surface area contributed by atoms with Crippen molar-refractivity contribution in [1.82, 2.24) is 4.98 Å². The molecule has 1 aromatic heterocycles. The Bertz CT molecular complexity index is 912. The molecule has 2 aromatic carbocycles. The number of nitrogens with zero attached hydrogens (tertiary/aromatic N) is 1. The van der Waals surface area contributed by atoms with Gasteiger partial charge in [-0.3, -0.25) is 4.79 Å². The maximum absolute atomic E-state index is 13.2. The Morgan fingerprint density at radius 3 is 2.27 bits per heavy atom.